The lowest BCUT2D eigenvalue weighted by Crippen LogP contribution is -2.16. The molecule has 1 aliphatic rings. The first-order valence-electron chi connectivity index (χ1n) is 11.7. The van der Waals surface area contributed by atoms with E-state index in [0.717, 1.165) is 25.7 Å². The molecule has 3 nitrogen and oxygen atoms in total. The van der Waals surface area contributed by atoms with Gasteiger partial charge in [0.05, 0.1) is 5.56 Å². The Hall–Kier alpha value is -3.54. The predicted octanol–water partition coefficient (Wildman–Crippen LogP) is 7.85. The summed E-state index contributed by atoms with van der Waals surface area (Å²) in [6.07, 6.45) is 5.13. The highest BCUT2D eigenvalue weighted by Gasteiger charge is 2.27. The van der Waals surface area contributed by atoms with Crippen LogP contribution in [-0.2, 0) is 0 Å². The molecule has 4 rings (SSSR count). The van der Waals surface area contributed by atoms with Crippen LogP contribution in [0.15, 0.2) is 67.3 Å². The van der Waals surface area contributed by atoms with Gasteiger partial charge < -0.3 is 9.47 Å². The molecule has 0 unspecified atom stereocenters. The maximum atomic E-state index is 14.8. The summed E-state index contributed by atoms with van der Waals surface area (Å²) in [4.78, 5) is 12.5. The fourth-order valence-electron chi connectivity index (χ4n) is 4.45. The van der Waals surface area contributed by atoms with Gasteiger partial charge in [0.1, 0.15) is 23.9 Å². The van der Waals surface area contributed by atoms with Crippen molar-refractivity contribution in [3.63, 3.8) is 0 Å². The zero-order valence-electron chi connectivity index (χ0n) is 19.5. The van der Waals surface area contributed by atoms with Crippen molar-refractivity contribution in [2.75, 3.05) is 6.61 Å². The molecule has 0 amide bonds. The lowest BCUT2D eigenvalue weighted by Gasteiger charge is -2.27. The van der Waals surface area contributed by atoms with Crippen molar-refractivity contribution in [1.29, 1.82) is 0 Å². The van der Waals surface area contributed by atoms with Crippen LogP contribution in [-0.4, -0.2) is 12.6 Å². The zero-order chi connectivity index (χ0) is 24.9. The van der Waals surface area contributed by atoms with Gasteiger partial charge in [0.15, 0.2) is 11.6 Å². The van der Waals surface area contributed by atoms with E-state index in [1.165, 1.54) is 30.3 Å². The van der Waals surface area contributed by atoms with Gasteiger partial charge in [0.2, 0.25) is 0 Å². The summed E-state index contributed by atoms with van der Waals surface area (Å²) in [5.41, 5.74) is 0.759. The van der Waals surface area contributed by atoms with Crippen LogP contribution in [0.4, 0.5) is 13.2 Å². The largest absolute Gasteiger partial charge is 0.489 e. The summed E-state index contributed by atoms with van der Waals surface area (Å²) >= 11 is 0. The Bertz CT molecular complexity index is 1210. The lowest BCUT2D eigenvalue weighted by molar-refractivity contribution is 0.0728. The smallest absolute Gasteiger partial charge is 0.346 e. The average molecular weight is 481 g/mol. The minimum absolute atomic E-state index is 0.0404. The normalized spacial score (nSPS) is 17.6. The number of carbonyl (C=O) groups excluding carboxylic acids is 1. The number of halogens is 3. The second-order valence-corrected chi connectivity index (χ2v) is 8.94. The molecule has 0 N–H and O–H groups in total. The highest BCUT2D eigenvalue weighted by atomic mass is 19.2. The molecule has 0 spiro atoms. The Labute approximate surface area is 203 Å². The second-order valence-electron chi connectivity index (χ2n) is 8.94. The third-order valence-corrected chi connectivity index (χ3v) is 6.47. The summed E-state index contributed by atoms with van der Waals surface area (Å²) in [6, 6.07) is 13.4. The highest BCUT2D eigenvalue weighted by molar-refractivity contribution is 5.91. The Morgan fingerprint density at radius 3 is 2.29 bits per heavy atom. The molecule has 1 saturated carbocycles. The van der Waals surface area contributed by atoms with Gasteiger partial charge in [-0.2, -0.15) is 0 Å². The molecule has 0 heterocycles. The fraction of sp³-hybridized carbons (Fsp3) is 0.276. The van der Waals surface area contributed by atoms with Crippen molar-refractivity contribution in [3.8, 4) is 22.6 Å². The van der Waals surface area contributed by atoms with Crippen LogP contribution in [0.1, 0.15) is 54.4 Å². The quantitative estimate of drug-likeness (QED) is 0.196. The highest BCUT2D eigenvalue weighted by Crippen LogP contribution is 2.37. The minimum atomic E-state index is -1.19. The van der Waals surface area contributed by atoms with Crippen molar-refractivity contribution in [1.82, 2.24) is 0 Å². The standard InChI is InChI=1S/C29H27F3O3/c1-3-16-34-22-12-13-23(26(30)17-22)19-8-10-21(11-9-19)35-29(33)25-15-14-24(27(31)28(25)32)20-6-4-18(2)5-7-20/h3,8-15,17-18,20H,1,4-7,16H2,2H3. The summed E-state index contributed by atoms with van der Waals surface area (Å²) < 4.78 is 54.6. The first-order chi connectivity index (χ1) is 16.9. The number of ether oxygens (including phenoxy) is 2. The van der Waals surface area contributed by atoms with Crippen LogP contribution in [0.2, 0.25) is 0 Å². The third-order valence-electron chi connectivity index (χ3n) is 6.47. The molecular formula is C29H27F3O3. The van der Waals surface area contributed by atoms with Gasteiger partial charge in [-0.05, 0) is 66.1 Å². The predicted molar refractivity (Wildman–Crippen MR) is 129 cm³/mol. The number of benzene rings is 3. The first-order valence-corrected chi connectivity index (χ1v) is 11.7. The molecule has 6 heteroatoms. The Morgan fingerprint density at radius 1 is 0.943 bits per heavy atom. The number of hydrogen-bond donors (Lipinski definition) is 0. The van der Waals surface area contributed by atoms with Crippen LogP contribution in [0.5, 0.6) is 11.5 Å². The molecule has 0 aliphatic heterocycles. The molecule has 3 aromatic rings. The molecule has 0 bridgehead atoms. The van der Waals surface area contributed by atoms with E-state index in [4.69, 9.17) is 9.47 Å². The SMILES string of the molecule is C=CCOc1ccc(-c2ccc(OC(=O)c3ccc(C4CCC(C)CC4)c(F)c3F)cc2)c(F)c1. The third kappa shape index (κ3) is 5.59. The van der Waals surface area contributed by atoms with Crippen molar-refractivity contribution >= 4 is 5.97 Å². The molecule has 3 aromatic carbocycles. The fourth-order valence-corrected chi connectivity index (χ4v) is 4.45. The van der Waals surface area contributed by atoms with Crippen molar-refractivity contribution < 1.29 is 27.4 Å². The number of esters is 1. The van der Waals surface area contributed by atoms with E-state index in [2.05, 4.69) is 13.5 Å². The number of carbonyl (C=O) groups is 1. The van der Waals surface area contributed by atoms with Gasteiger partial charge in [-0.3, -0.25) is 0 Å². The molecular weight excluding hydrogens is 453 g/mol. The average Bonchev–Trinajstić information content (AvgIpc) is 2.85. The number of hydrogen-bond acceptors (Lipinski definition) is 3. The maximum absolute atomic E-state index is 14.8. The van der Waals surface area contributed by atoms with Gasteiger partial charge in [-0.15, -0.1) is 0 Å². The molecule has 0 atom stereocenters. The summed E-state index contributed by atoms with van der Waals surface area (Å²) in [7, 11) is 0. The molecule has 0 aromatic heterocycles. The molecule has 0 radical (unpaired) electrons. The molecule has 1 aliphatic carbocycles. The minimum Gasteiger partial charge on any atom is -0.489 e. The molecule has 0 saturated heterocycles. The topological polar surface area (TPSA) is 35.5 Å². The van der Waals surface area contributed by atoms with Gasteiger partial charge in [-0.25, -0.2) is 18.0 Å². The van der Waals surface area contributed by atoms with E-state index in [-0.39, 0.29) is 18.3 Å². The molecule has 1 fully saturated rings. The first kappa shape index (κ1) is 24.6. The number of rotatable bonds is 7. The summed E-state index contributed by atoms with van der Waals surface area (Å²) in [6.45, 7) is 5.98. The van der Waals surface area contributed by atoms with Gasteiger partial charge in [0.25, 0.3) is 0 Å². The van der Waals surface area contributed by atoms with Crippen molar-refractivity contribution in [2.24, 2.45) is 5.92 Å². The van der Waals surface area contributed by atoms with Crippen LogP contribution in [0, 0.1) is 23.4 Å². The van der Waals surface area contributed by atoms with E-state index < -0.39 is 29.0 Å². The molecule has 182 valence electrons. The van der Waals surface area contributed by atoms with E-state index in [1.54, 1.807) is 30.3 Å². The summed E-state index contributed by atoms with van der Waals surface area (Å²) in [5, 5.41) is 0. The van der Waals surface area contributed by atoms with Gasteiger partial charge in [0, 0.05) is 11.6 Å². The van der Waals surface area contributed by atoms with E-state index >= 15 is 0 Å². The van der Waals surface area contributed by atoms with E-state index in [9.17, 15) is 18.0 Å². The Kier molecular flexibility index (Phi) is 7.59. The van der Waals surface area contributed by atoms with Gasteiger partial charge in [-0.1, -0.05) is 50.6 Å². The monoisotopic (exact) mass is 480 g/mol. The van der Waals surface area contributed by atoms with Crippen LogP contribution >= 0.6 is 0 Å². The lowest BCUT2D eigenvalue weighted by atomic mass is 9.79. The second kappa shape index (κ2) is 10.8. The van der Waals surface area contributed by atoms with E-state index in [0.29, 0.717) is 28.4 Å². The zero-order valence-corrected chi connectivity index (χ0v) is 19.5. The molecule has 35 heavy (non-hydrogen) atoms. The Morgan fingerprint density at radius 2 is 1.63 bits per heavy atom. The van der Waals surface area contributed by atoms with Crippen molar-refractivity contribution in [2.45, 2.75) is 38.5 Å². The van der Waals surface area contributed by atoms with Gasteiger partial charge >= 0.3 is 5.97 Å². The van der Waals surface area contributed by atoms with Crippen LogP contribution < -0.4 is 9.47 Å². The van der Waals surface area contributed by atoms with Crippen LogP contribution in [0.3, 0.4) is 0 Å². The summed E-state index contributed by atoms with van der Waals surface area (Å²) in [5.74, 6) is -2.57. The maximum Gasteiger partial charge on any atom is 0.346 e. The van der Waals surface area contributed by atoms with Crippen molar-refractivity contribution in [3.05, 3.63) is 95.8 Å². The Balaban J connectivity index is 1.46. The van der Waals surface area contributed by atoms with E-state index in [1.807, 2.05) is 0 Å². The van der Waals surface area contributed by atoms with Crippen LogP contribution in [0.25, 0.3) is 11.1 Å².